The quantitative estimate of drug-likeness (QED) is 0.878. The van der Waals surface area contributed by atoms with E-state index in [1.54, 1.807) is 7.11 Å². The van der Waals surface area contributed by atoms with Gasteiger partial charge in [-0.15, -0.1) is 0 Å². The van der Waals surface area contributed by atoms with Gasteiger partial charge in [0.1, 0.15) is 5.75 Å². The molecular weight excluding hydrogens is 222 g/mol. The minimum absolute atomic E-state index is 0.159. The number of aryl methyl sites for hydroxylation is 1. The highest BCUT2D eigenvalue weighted by atomic mass is 35.5. The maximum Gasteiger partial charge on any atom is 0.122 e. The number of nitrogens with two attached hydrogens (primary N) is 1. The normalized spacial score (nSPS) is 12.6. The molecule has 0 bridgehead atoms. The van der Waals surface area contributed by atoms with Crippen molar-refractivity contribution in [1.29, 1.82) is 0 Å². The Morgan fingerprint density at radius 2 is 2.06 bits per heavy atom. The highest BCUT2D eigenvalue weighted by Gasteiger charge is 2.14. The molecular formula is C13H20ClNO. The molecule has 0 aliphatic carbocycles. The lowest BCUT2D eigenvalue weighted by molar-refractivity contribution is 0.406. The zero-order valence-corrected chi connectivity index (χ0v) is 11.2. The summed E-state index contributed by atoms with van der Waals surface area (Å²) in [6.45, 7) is 6.10. The molecule has 0 saturated carbocycles. The van der Waals surface area contributed by atoms with Crippen LogP contribution < -0.4 is 10.5 Å². The summed E-state index contributed by atoms with van der Waals surface area (Å²) in [6, 6.07) is 2.14. The van der Waals surface area contributed by atoms with E-state index in [2.05, 4.69) is 6.92 Å². The molecule has 0 aliphatic rings. The number of rotatable bonds is 4. The van der Waals surface area contributed by atoms with Crippen LogP contribution in [0.4, 0.5) is 0 Å². The Morgan fingerprint density at radius 1 is 1.44 bits per heavy atom. The van der Waals surface area contributed by atoms with Crippen molar-refractivity contribution in [2.24, 2.45) is 5.73 Å². The Morgan fingerprint density at radius 3 is 2.56 bits per heavy atom. The predicted octanol–water partition coefficient (Wildman–Crippen LogP) is 3.25. The minimum atomic E-state index is 0.159. The Labute approximate surface area is 103 Å². The van der Waals surface area contributed by atoms with E-state index in [1.807, 2.05) is 19.9 Å². The summed E-state index contributed by atoms with van der Waals surface area (Å²) in [5, 5.41) is 0.819. The first-order chi connectivity index (χ1) is 7.51. The smallest absolute Gasteiger partial charge is 0.122 e. The van der Waals surface area contributed by atoms with E-state index in [4.69, 9.17) is 22.1 Å². The van der Waals surface area contributed by atoms with Crippen LogP contribution in [0, 0.1) is 13.8 Å². The van der Waals surface area contributed by atoms with Crippen molar-refractivity contribution in [1.82, 2.24) is 0 Å². The lowest BCUT2D eigenvalue weighted by Gasteiger charge is -2.17. The third kappa shape index (κ3) is 2.69. The van der Waals surface area contributed by atoms with Crippen LogP contribution in [-0.4, -0.2) is 13.2 Å². The standard InChI is InChI=1S/C13H20ClNO/c1-5-10(15)7-11-9(3)13(14)8(2)6-12(11)16-4/h6,10H,5,7,15H2,1-4H3. The molecule has 3 heteroatoms. The van der Waals surface area contributed by atoms with Gasteiger partial charge in [-0.2, -0.15) is 0 Å². The van der Waals surface area contributed by atoms with Crippen LogP contribution in [0.25, 0.3) is 0 Å². The molecule has 0 amide bonds. The molecule has 1 atom stereocenters. The molecule has 1 unspecified atom stereocenters. The van der Waals surface area contributed by atoms with Gasteiger partial charge in [0.25, 0.3) is 0 Å². The van der Waals surface area contributed by atoms with E-state index >= 15 is 0 Å². The van der Waals surface area contributed by atoms with Gasteiger partial charge in [-0.1, -0.05) is 18.5 Å². The predicted molar refractivity (Wildman–Crippen MR) is 69.4 cm³/mol. The van der Waals surface area contributed by atoms with Crippen molar-refractivity contribution in [2.75, 3.05) is 7.11 Å². The largest absolute Gasteiger partial charge is 0.496 e. The summed E-state index contributed by atoms with van der Waals surface area (Å²) in [5.74, 6) is 0.892. The Balaban J connectivity index is 3.19. The number of hydrogen-bond acceptors (Lipinski definition) is 2. The van der Waals surface area contributed by atoms with Gasteiger partial charge in [0, 0.05) is 16.6 Å². The molecule has 1 rings (SSSR count). The van der Waals surface area contributed by atoms with Gasteiger partial charge in [-0.25, -0.2) is 0 Å². The number of halogens is 1. The van der Waals surface area contributed by atoms with Crippen molar-refractivity contribution in [3.05, 3.63) is 27.8 Å². The van der Waals surface area contributed by atoms with Crippen molar-refractivity contribution >= 4 is 11.6 Å². The molecule has 90 valence electrons. The van der Waals surface area contributed by atoms with Gasteiger partial charge in [-0.3, -0.25) is 0 Å². The second kappa shape index (κ2) is 5.55. The SMILES string of the molecule is CCC(N)Cc1c(OC)cc(C)c(Cl)c1C. The summed E-state index contributed by atoms with van der Waals surface area (Å²) < 4.78 is 5.39. The maximum absolute atomic E-state index is 6.24. The van der Waals surface area contributed by atoms with Gasteiger partial charge in [0.15, 0.2) is 0 Å². The molecule has 2 N–H and O–H groups in total. The molecule has 1 aromatic rings. The zero-order chi connectivity index (χ0) is 12.3. The topological polar surface area (TPSA) is 35.2 Å². The molecule has 0 saturated heterocycles. The van der Waals surface area contributed by atoms with Crippen LogP contribution in [0.15, 0.2) is 6.07 Å². The molecule has 1 aromatic carbocycles. The first kappa shape index (κ1) is 13.3. The van der Waals surface area contributed by atoms with Crippen molar-refractivity contribution in [3.8, 4) is 5.75 Å². The summed E-state index contributed by atoms with van der Waals surface area (Å²) in [7, 11) is 1.68. The van der Waals surface area contributed by atoms with Gasteiger partial charge < -0.3 is 10.5 Å². The monoisotopic (exact) mass is 241 g/mol. The van der Waals surface area contributed by atoms with E-state index in [9.17, 15) is 0 Å². The van der Waals surface area contributed by atoms with Gasteiger partial charge >= 0.3 is 0 Å². The number of ether oxygens (including phenoxy) is 1. The maximum atomic E-state index is 6.24. The highest BCUT2D eigenvalue weighted by molar-refractivity contribution is 6.32. The number of hydrogen-bond donors (Lipinski definition) is 1. The van der Waals surface area contributed by atoms with Crippen LogP contribution in [-0.2, 0) is 6.42 Å². The fraction of sp³-hybridized carbons (Fsp3) is 0.538. The molecule has 0 spiro atoms. The number of methoxy groups -OCH3 is 1. The lowest BCUT2D eigenvalue weighted by atomic mass is 9.97. The molecule has 0 aliphatic heterocycles. The van der Waals surface area contributed by atoms with E-state index in [0.29, 0.717) is 0 Å². The van der Waals surface area contributed by atoms with Crippen LogP contribution >= 0.6 is 11.6 Å². The summed E-state index contributed by atoms with van der Waals surface area (Å²) in [6.07, 6.45) is 1.76. The number of benzene rings is 1. The van der Waals surface area contributed by atoms with Crippen LogP contribution in [0.3, 0.4) is 0 Å². The van der Waals surface area contributed by atoms with E-state index in [-0.39, 0.29) is 6.04 Å². The van der Waals surface area contributed by atoms with Crippen molar-refractivity contribution in [2.45, 2.75) is 39.7 Å². The zero-order valence-electron chi connectivity index (χ0n) is 10.4. The Hall–Kier alpha value is -0.730. The van der Waals surface area contributed by atoms with Crippen LogP contribution in [0.2, 0.25) is 5.02 Å². The van der Waals surface area contributed by atoms with E-state index in [1.165, 1.54) is 0 Å². The van der Waals surface area contributed by atoms with Gasteiger partial charge in [0.05, 0.1) is 7.11 Å². The average Bonchev–Trinajstić information content (AvgIpc) is 2.29. The first-order valence-electron chi connectivity index (χ1n) is 5.59. The molecule has 0 aromatic heterocycles. The van der Waals surface area contributed by atoms with E-state index in [0.717, 1.165) is 40.3 Å². The third-order valence-electron chi connectivity index (χ3n) is 2.98. The summed E-state index contributed by atoms with van der Waals surface area (Å²) in [5.41, 5.74) is 9.25. The van der Waals surface area contributed by atoms with Crippen LogP contribution in [0.5, 0.6) is 5.75 Å². The van der Waals surface area contributed by atoms with Gasteiger partial charge in [0.2, 0.25) is 0 Å². The molecule has 0 heterocycles. The summed E-state index contributed by atoms with van der Waals surface area (Å²) in [4.78, 5) is 0. The lowest BCUT2D eigenvalue weighted by Crippen LogP contribution is -2.22. The summed E-state index contributed by atoms with van der Waals surface area (Å²) >= 11 is 6.24. The fourth-order valence-corrected chi connectivity index (χ4v) is 1.97. The molecule has 0 radical (unpaired) electrons. The first-order valence-corrected chi connectivity index (χ1v) is 5.97. The average molecular weight is 242 g/mol. The molecule has 0 fully saturated rings. The Bertz CT molecular complexity index is 377. The highest BCUT2D eigenvalue weighted by Crippen LogP contribution is 2.32. The second-order valence-electron chi connectivity index (χ2n) is 4.19. The van der Waals surface area contributed by atoms with E-state index < -0.39 is 0 Å². The Kier molecular flexibility index (Phi) is 4.63. The van der Waals surface area contributed by atoms with Crippen molar-refractivity contribution < 1.29 is 4.74 Å². The third-order valence-corrected chi connectivity index (χ3v) is 3.57. The fourth-order valence-electron chi connectivity index (χ4n) is 1.80. The minimum Gasteiger partial charge on any atom is -0.496 e. The second-order valence-corrected chi connectivity index (χ2v) is 4.56. The van der Waals surface area contributed by atoms with Crippen molar-refractivity contribution in [3.63, 3.8) is 0 Å². The molecule has 16 heavy (non-hydrogen) atoms. The van der Waals surface area contributed by atoms with Crippen LogP contribution in [0.1, 0.15) is 30.0 Å². The molecule has 2 nitrogen and oxygen atoms in total. The van der Waals surface area contributed by atoms with Gasteiger partial charge in [-0.05, 0) is 43.9 Å².